The number of halogens is 1. The molecule has 0 radical (unpaired) electrons. The Hall–Kier alpha value is -2.77. The van der Waals surface area contributed by atoms with Crippen molar-refractivity contribution in [3.8, 4) is 22.7 Å². The Morgan fingerprint density at radius 1 is 1.30 bits per heavy atom. The first kappa shape index (κ1) is 24.9. The molecule has 0 spiro atoms. The highest BCUT2D eigenvalue weighted by Crippen LogP contribution is 2.29. The van der Waals surface area contributed by atoms with Crippen molar-refractivity contribution in [3.05, 3.63) is 66.1 Å². The van der Waals surface area contributed by atoms with Gasteiger partial charge in [-0.1, -0.05) is 30.1 Å². The van der Waals surface area contributed by atoms with Gasteiger partial charge in [0.15, 0.2) is 15.9 Å². The molecule has 0 saturated heterocycles. The van der Waals surface area contributed by atoms with E-state index in [1.807, 2.05) is 6.08 Å². The third kappa shape index (κ3) is 6.18. The average Bonchev–Trinajstić information content (AvgIpc) is 3.20. The normalized spacial score (nSPS) is 11.7. The number of hydrogen-bond donors (Lipinski definition) is 2. The second kappa shape index (κ2) is 10.4. The fourth-order valence-corrected chi connectivity index (χ4v) is 4.11. The van der Waals surface area contributed by atoms with Gasteiger partial charge in [-0.15, -0.1) is 0 Å². The van der Waals surface area contributed by atoms with Gasteiger partial charge in [0.05, 0.1) is 29.1 Å². The van der Waals surface area contributed by atoms with E-state index < -0.39 is 15.8 Å². The highest BCUT2D eigenvalue weighted by atomic mass is 32.2. The van der Waals surface area contributed by atoms with Gasteiger partial charge < -0.3 is 4.74 Å². The van der Waals surface area contributed by atoms with Gasteiger partial charge in [-0.05, 0) is 54.6 Å². The molecule has 1 heterocycles. The Labute approximate surface area is 200 Å². The van der Waals surface area contributed by atoms with E-state index in [1.165, 1.54) is 50.2 Å². The molecule has 1 aromatic heterocycles. The predicted molar refractivity (Wildman–Crippen MR) is 131 cm³/mol. The van der Waals surface area contributed by atoms with Gasteiger partial charge >= 0.3 is 0 Å². The zero-order valence-corrected chi connectivity index (χ0v) is 20.1. The minimum Gasteiger partial charge on any atom is -0.494 e. The van der Waals surface area contributed by atoms with Crippen LogP contribution in [-0.4, -0.2) is 52.7 Å². The summed E-state index contributed by atoms with van der Waals surface area (Å²) < 4.78 is 44.4. The van der Waals surface area contributed by atoms with E-state index in [2.05, 4.69) is 5.10 Å². The van der Waals surface area contributed by atoms with Gasteiger partial charge in [-0.3, -0.25) is 5.21 Å². The van der Waals surface area contributed by atoms with Crippen LogP contribution in [-0.2, 0) is 10.0 Å². The number of sulfonamides is 1. The van der Waals surface area contributed by atoms with Crippen LogP contribution in [0.5, 0.6) is 5.75 Å². The molecule has 0 fully saturated rings. The van der Waals surface area contributed by atoms with Gasteiger partial charge in [0.1, 0.15) is 0 Å². The Morgan fingerprint density at radius 3 is 2.58 bits per heavy atom. The van der Waals surface area contributed by atoms with Gasteiger partial charge in [0.2, 0.25) is 10.0 Å². The maximum atomic E-state index is 14.4. The number of thiocarbonyl (C=S) groups is 1. The molecule has 0 atom stereocenters. The Morgan fingerprint density at radius 2 is 2.00 bits per heavy atom. The molecule has 174 valence electrons. The van der Waals surface area contributed by atoms with Crippen LogP contribution < -0.4 is 9.88 Å². The summed E-state index contributed by atoms with van der Waals surface area (Å²) in [7, 11) is -1.01. The molecule has 0 aliphatic heterocycles. The van der Waals surface area contributed by atoms with Gasteiger partial charge in [0, 0.05) is 18.4 Å². The topological polar surface area (TPSA) is 111 Å². The third-order valence-electron chi connectivity index (χ3n) is 4.44. The zero-order chi connectivity index (χ0) is 24.2. The van der Waals surface area contributed by atoms with Crippen molar-refractivity contribution in [2.45, 2.75) is 4.90 Å². The first-order valence-corrected chi connectivity index (χ1v) is 12.4. The van der Waals surface area contributed by atoms with E-state index in [0.29, 0.717) is 32.7 Å². The summed E-state index contributed by atoms with van der Waals surface area (Å²) in [5.41, 5.74) is 2.28. The van der Waals surface area contributed by atoms with Crippen LogP contribution in [0.4, 0.5) is 4.39 Å². The standard InChI is InChI=1S/C21H21FN4O4S3/c1-25(27)21(31)32-11-3-4-15-13-19(14-5-10-20(30-2)18(22)12-14)26(24-15)16-6-8-17(9-7-16)33(23,28)29/h3-10,12-13,27H,11H2,1-2H3,(H2,23,28,29). The molecule has 0 unspecified atom stereocenters. The first-order chi connectivity index (χ1) is 15.6. The zero-order valence-electron chi connectivity index (χ0n) is 17.7. The average molecular weight is 509 g/mol. The van der Waals surface area contributed by atoms with Crippen LogP contribution in [0.2, 0.25) is 0 Å². The molecule has 2 aromatic carbocycles. The monoisotopic (exact) mass is 508 g/mol. The van der Waals surface area contributed by atoms with Crippen molar-refractivity contribution in [1.29, 1.82) is 0 Å². The molecule has 3 N–H and O–H groups in total. The van der Waals surface area contributed by atoms with E-state index in [4.69, 9.17) is 22.1 Å². The van der Waals surface area contributed by atoms with Gasteiger partial charge in [-0.2, -0.15) is 5.10 Å². The molecule has 0 aliphatic carbocycles. The molecule has 8 nitrogen and oxygen atoms in total. The van der Waals surface area contributed by atoms with Gasteiger partial charge in [-0.25, -0.2) is 27.7 Å². The molecular weight excluding hydrogens is 487 g/mol. The minimum atomic E-state index is -3.84. The quantitative estimate of drug-likeness (QED) is 0.367. The van der Waals surface area contributed by atoms with Crippen molar-refractivity contribution < 1.29 is 22.8 Å². The smallest absolute Gasteiger partial charge is 0.238 e. The number of nitrogens with zero attached hydrogens (tertiary/aromatic N) is 3. The highest BCUT2D eigenvalue weighted by molar-refractivity contribution is 8.22. The van der Waals surface area contributed by atoms with Crippen LogP contribution in [0.1, 0.15) is 5.69 Å². The third-order valence-corrected chi connectivity index (χ3v) is 6.86. The van der Waals surface area contributed by atoms with Crippen LogP contribution in [0.25, 0.3) is 23.0 Å². The summed E-state index contributed by atoms with van der Waals surface area (Å²) in [6.07, 6.45) is 3.60. The summed E-state index contributed by atoms with van der Waals surface area (Å²) in [6, 6.07) is 12.2. The molecule has 12 heteroatoms. The number of hydroxylamine groups is 2. The van der Waals surface area contributed by atoms with Crippen molar-refractivity contribution in [1.82, 2.24) is 14.8 Å². The van der Waals surface area contributed by atoms with E-state index in [-0.39, 0.29) is 10.6 Å². The summed E-state index contributed by atoms with van der Waals surface area (Å²) >= 11 is 6.29. The number of aromatic nitrogens is 2. The van der Waals surface area contributed by atoms with Gasteiger partial charge in [0.25, 0.3) is 0 Å². The van der Waals surface area contributed by atoms with Crippen LogP contribution in [0, 0.1) is 5.82 Å². The lowest BCUT2D eigenvalue weighted by molar-refractivity contribution is 0.0205. The molecule has 33 heavy (non-hydrogen) atoms. The fourth-order valence-electron chi connectivity index (χ4n) is 2.87. The van der Waals surface area contributed by atoms with Crippen molar-refractivity contribution in [2.24, 2.45) is 5.14 Å². The number of hydrogen-bond acceptors (Lipinski definition) is 7. The van der Waals surface area contributed by atoms with Crippen molar-refractivity contribution in [2.75, 3.05) is 19.9 Å². The molecule has 0 aliphatic rings. The maximum absolute atomic E-state index is 14.4. The second-order valence-electron chi connectivity index (χ2n) is 6.76. The summed E-state index contributed by atoms with van der Waals surface area (Å²) in [5, 5.41) is 19.9. The van der Waals surface area contributed by atoms with E-state index in [9.17, 15) is 18.0 Å². The molecular formula is C21H21FN4O4S3. The highest BCUT2D eigenvalue weighted by Gasteiger charge is 2.15. The summed E-state index contributed by atoms with van der Waals surface area (Å²) in [6.45, 7) is 0. The minimum absolute atomic E-state index is 0.0302. The van der Waals surface area contributed by atoms with Crippen LogP contribution in [0.3, 0.4) is 0 Å². The lowest BCUT2D eigenvalue weighted by Gasteiger charge is -2.09. The Bertz CT molecular complexity index is 1290. The first-order valence-electron chi connectivity index (χ1n) is 9.43. The number of ether oxygens (including phenoxy) is 1. The largest absolute Gasteiger partial charge is 0.494 e. The van der Waals surface area contributed by atoms with Crippen molar-refractivity contribution >= 4 is 44.4 Å². The molecule has 3 rings (SSSR count). The lowest BCUT2D eigenvalue weighted by atomic mass is 10.1. The maximum Gasteiger partial charge on any atom is 0.238 e. The predicted octanol–water partition coefficient (Wildman–Crippen LogP) is 3.69. The number of benzene rings is 2. The summed E-state index contributed by atoms with van der Waals surface area (Å²) in [5.74, 6) is 0.0957. The Balaban J connectivity index is 1.99. The number of thioether (sulfide) groups is 1. The van der Waals surface area contributed by atoms with E-state index in [0.717, 1.165) is 5.06 Å². The number of primary sulfonamides is 1. The number of methoxy groups -OCH3 is 1. The molecule has 0 saturated carbocycles. The lowest BCUT2D eigenvalue weighted by Crippen LogP contribution is -2.17. The van der Waals surface area contributed by atoms with E-state index in [1.54, 1.807) is 35.0 Å². The summed E-state index contributed by atoms with van der Waals surface area (Å²) in [4.78, 5) is -0.0302. The molecule has 0 amide bonds. The Kier molecular flexibility index (Phi) is 7.87. The van der Waals surface area contributed by atoms with Crippen LogP contribution in [0.15, 0.2) is 59.5 Å². The number of nitrogens with two attached hydrogens (primary N) is 1. The van der Waals surface area contributed by atoms with Crippen molar-refractivity contribution in [3.63, 3.8) is 0 Å². The molecule has 0 bridgehead atoms. The fraction of sp³-hybridized carbons (Fsp3) is 0.143. The second-order valence-corrected chi connectivity index (χ2v) is 9.97. The van der Waals surface area contributed by atoms with E-state index >= 15 is 0 Å². The molecule has 3 aromatic rings. The number of rotatable bonds is 7. The SMILES string of the molecule is COc1ccc(-c2cc(C=CCSC(=S)N(C)O)nn2-c2ccc(S(N)(=O)=O)cc2)cc1F. The van der Waals surface area contributed by atoms with Crippen LogP contribution >= 0.6 is 24.0 Å².